The molecule has 5 heteroatoms. The molecule has 1 aliphatic rings. The largest absolute Gasteiger partial charge is 0.360 e. The van der Waals surface area contributed by atoms with Gasteiger partial charge in [-0.05, 0) is 11.1 Å². The molecule has 1 fully saturated rings. The lowest BCUT2D eigenvalue weighted by molar-refractivity contribution is -0.142. The third kappa shape index (κ3) is 3.83. The van der Waals surface area contributed by atoms with Crippen LogP contribution in [0.3, 0.4) is 0 Å². The van der Waals surface area contributed by atoms with Crippen LogP contribution in [0, 0.1) is 0 Å². The molecule has 2 atom stereocenters. The van der Waals surface area contributed by atoms with Crippen molar-refractivity contribution in [3.63, 3.8) is 0 Å². The number of hydrogen-bond acceptors (Lipinski definition) is 4. The maximum Gasteiger partial charge on any atom is 0.259 e. The van der Waals surface area contributed by atoms with E-state index in [9.17, 15) is 9.59 Å². The quantitative estimate of drug-likeness (QED) is 0.827. The Morgan fingerprint density at radius 3 is 1.48 bits per heavy atom. The molecule has 2 amide bonds. The molecule has 0 spiro atoms. The summed E-state index contributed by atoms with van der Waals surface area (Å²) < 4.78 is 11.2. The summed E-state index contributed by atoms with van der Waals surface area (Å²) in [5, 5.41) is 2.26. The molecular weight excluding hydrogens is 294 g/mol. The van der Waals surface area contributed by atoms with Crippen molar-refractivity contribution < 1.29 is 19.1 Å². The second kappa shape index (κ2) is 7.17. The van der Waals surface area contributed by atoms with Crippen molar-refractivity contribution >= 4 is 11.8 Å². The minimum atomic E-state index is -0.925. The van der Waals surface area contributed by atoms with E-state index in [1.807, 2.05) is 60.7 Å². The van der Waals surface area contributed by atoms with Gasteiger partial charge in [-0.15, -0.1) is 0 Å². The highest BCUT2D eigenvalue weighted by molar-refractivity contribution is 6.08. The summed E-state index contributed by atoms with van der Waals surface area (Å²) in [5.74, 6) is -0.909. The van der Waals surface area contributed by atoms with Crippen LogP contribution in [0.2, 0.25) is 0 Å². The molecule has 1 N–H and O–H groups in total. The summed E-state index contributed by atoms with van der Waals surface area (Å²) >= 11 is 0. The monoisotopic (exact) mass is 311 g/mol. The molecule has 0 saturated carbocycles. The smallest absolute Gasteiger partial charge is 0.259 e. The van der Waals surface area contributed by atoms with Crippen LogP contribution in [-0.4, -0.2) is 24.0 Å². The molecule has 1 saturated heterocycles. The Hall–Kier alpha value is -2.50. The average Bonchev–Trinajstić information content (AvgIpc) is 2.86. The lowest BCUT2D eigenvalue weighted by Crippen LogP contribution is -2.34. The molecule has 5 nitrogen and oxygen atoms in total. The van der Waals surface area contributed by atoms with E-state index in [4.69, 9.17) is 9.47 Å². The molecule has 118 valence electrons. The van der Waals surface area contributed by atoms with E-state index >= 15 is 0 Å². The van der Waals surface area contributed by atoms with Gasteiger partial charge in [0, 0.05) is 0 Å². The fourth-order valence-electron chi connectivity index (χ4n) is 2.39. The van der Waals surface area contributed by atoms with Crippen molar-refractivity contribution in [2.24, 2.45) is 0 Å². The predicted molar refractivity (Wildman–Crippen MR) is 83.2 cm³/mol. The van der Waals surface area contributed by atoms with Gasteiger partial charge in [0.15, 0.2) is 12.2 Å². The van der Waals surface area contributed by atoms with Crippen molar-refractivity contribution in [1.82, 2.24) is 5.32 Å². The summed E-state index contributed by atoms with van der Waals surface area (Å²) in [4.78, 5) is 23.8. The Morgan fingerprint density at radius 1 is 0.696 bits per heavy atom. The van der Waals surface area contributed by atoms with Gasteiger partial charge in [-0.2, -0.15) is 0 Å². The molecule has 0 unspecified atom stereocenters. The van der Waals surface area contributed by atoms with Crippen molar-refractivity contribution in [2.45, 2.75) is 25.4 Å². The van der Waals surface area contributed by atoms with Gasteiger partial charge in [-0.25, -0.2) is 0 Å². The first-order chi connectivity index (χ1) is 11.2. The Kier molecular flexibility index (Phi) is 4.80. The van der Waals surface area contributed by atoms with Crippen molar-refractivity contribution in [2.75, 3.05) is 0 Å². The Balaban J connectivity index is 1.62. The zero-order valence-corrected chi connectivity index (χ0v) is 12.5. The van der Waals surface area contributed by atoms with Crippen LogP contribution in [0.4, 0.5) is 0 Å². The van der Waals surface area contributed by atoms with Gasteiger partial charge >= 0.3 is 0 Å². The highest BCUT2D eigenvalue weighted by Gasteiger charge is 2.43. The summed E-state index contributed by atoms with van der Waals surface area (Å²) in [6.45, 7) is 0.495. The number of carbonyl (C=O) groups is 2. The van der Waals surface area contributed by atoms with E-state index in [2.05, 4.69) is 5.32 Å². The van der Waals surface area contributed by atoms with E-state index in [-0.39, 0.29) is 13.2 Å². The molecule has 0 aromatic heterocycles. The Morgan fingerprint density at radius 2 is 1.09 bits per heavy atom. The van der Waals surface area contributed by atoms with Gasteiger partial charge in [0.2, 0.25) is 0 Å². The highest BCUT2D eigenvalue weighted by Crippen LogP contribution is 2.16. The lowest BCUT2D eigenvalue weighted by Gasteiger charge is -2.17. The van der Waals surface area contributed by atoms with Gasteiger partial charge in [0.1, 0.15) is 0 Å². The van der Waals surface area contributed by atoms with E-state index in [1.165, 1.54) is 0 Å². The maximum absolute atomic E-state index is 11.9. The normalized spacial score (nSPS) is 20.5. The number of rotatable bonds is 6. The first-order valence-electron chi connectivity index (χ1n) is 7.40. The number of ether oxygens (including phenoxy) is 2. The van der Waals surface area contributed by atoms with E-state index in [0.717, 1.165) is 11.1 Å². The first-order valence-corrected chi connectivity index (χ1v) is 7.40. The third-order valence-electron chi connectivity index (χ3n) is 3.58. The standard InChI is InChI=1S/C18H17NO4/c20-17-15(22-11-13-7-3-1-4-8-13)16(18(21)19-17)23-12-14-9-5-2-6-10-14/h1-10,15-16H,11-12H2,(H,19,20,21)/t15-,16-/m1/s1. The molecular formula is C18H17NO4. The Bertz CT molecular complexity index is 612. The highest BCUT2D eigenvalue weighted by atomic mass is 16.6. The second-order valence-electron chi connectivity index (χ2n) is 5.29. The Labute approximate surface area is 134 Å². The number of amides is 2. The fraction of sp³-hybridized carbons (Fsp3) is 0.222. The summed E-state index contributed by atoms with van der Waals surface area (Å²) in [5.41, 5.74) is 1.86. The topological polar surface area (TPSA) is 64.6 Å². The number of hydrogen-bond donors (Lipinski definition) is 1. The molecule has 1 heterocycles. The van der Waals surface area contributed by atoms with Gasteiger partial charge in [0.25, 0.3) is 11.8 Å². The predicted octanol–water partition coefficient (Wildman–Crippen LogP) is 1.81. The van der Waals surface area contributed by atoms with E-state index in [1.54, 1.807) is 0 Å². The van der Waals surface area contributed by atoms with Crippen LogP contribution >= 0.6 is 0 Å². The van der Waals surface area contributed by atoms with Gasteiger partial charge in [-0.1, -0.05) is 60.7 Å². The molecule has 0 aliphatic carbocycles. The summed E-state index contributed by atoms with van der Waals surface area (Å²) in [6.07, 6.45) is -1.85. The second-order valence-corrected chi connectivity index (χ2v) is 5.29. The zero-order valence-electron chi connectivity index (χ0n) is 12.5. The van der Waals surface area contributed by atoms with Crippen molar-refractivity contribution in [3.8, 4) is 0 Å². The number of nitrogens with one attached hydrogen (secondary N) is 1. The molecule has 2 aromatic rings. The van der Waals surface area contributed by atoms with Crippen molar-refractivity contribution in [3.05, 3.63) is 71.8 Å². The number of imide groups is 1. The summed E-state index contributed by atoms with van der Waals surface area (Å²) in [7, 11) is 0. The van der Waals surface area contributed by atoms with E-state index < -0.39 is 24.0 Å². The molecule has 0 bridgehead atoms. The molecule has 1 aliphatic heterocycles. The SMILES string of the molecule is O=C1NC(=O)[C@H](OCc2ccccc2)[C@H]1OCc1ccccc1. The fourth-order valence-corrected chi connectivity index (χ4v) is 2.39. The van der Waals surface area contributed by atoms with Crippen LogP contribution in [-0.2, 0) is 32.3 Å². The van der Waals surface area contributed by atoms with Crippen LogP contribution in [0.1, 0.15) is 11.1 Å². The van der Waals surface area contributed by atoms with Crippen LogP contribution in [0.5, 0.6) is 0 Å². The van der Waals surface area contributed by atoms with Gasteiger partial charge in [0.05, 0.1) is 13.2 Å². The van der Waals surface area contributed by atoms with Gasteiger partial charge < -0.3 is 9.47 Å². The third-order valence-corrected chi connectivity index (χ3v) is 3.58. The molecule has 2 aromatic carbocycles. The summed E-state index contributed by atoms with van der Waals surface area (Å²) in [6, 6.07) is 19.0. The average molecular weight is 311 g/mol. The van der Waals surface area contributed by atoms with Crippen LogP contribution in [0.25, 0.3) is 0 Å². The van der Waals surface area contributed by atoms with Crippen LogP contribution < -0.4 is 5.32 Å². The van der Waals surface area contributed by atoms with E-state index in [0.29, 0.717) is 0 Å². The molecule has 3 rings (SSSR count). The van der Waals surface area contributed by atoms with Gasteiger partial charge in [-0.3, -0.25) is 14.9 Å². The van der Waals surface area contributed by atoms with Crippen LogP contribution in [0.15, 0.2) is 60.7 Å². The maximum atomic E-state index is 11.9. The number of carbonyl (C=O) groups excluding carboxylic acids is 2. The minimum Gasteiger partial charge on any atom is -0.360 e. The zero-order chi connectivity index (χ0) is 16.1. The molecule has 0 radical (unpaired) electrons. The minimum absolute atomic E-state index is 0.247. The molecule has 23 heavy (non-hydrogen) atoms. The number of benzene rings is 2. The van der Waals surface area contributed by atoms with Crippen molar-refractivity contribution in [1.29, 1.82) is 0 Å². The lowest BCUT2D eigenvalue weighted by atomic mass is 10.2. The first kappa shape index (κ1) is 15.4.